The minimum absolute atomic E-state index is 0.775. The second-order valence-electron chi connectivity index (χ2n) is 3.46. The van der Waals surface area contributed by atoms with Gasteiger partial charge in [-0.05, 0) is 25.5 Å². The molecule has 0 N–H and O–H groups in total. The number of carbonyl (C=O) groups excluding carboxylic acids is 1. The Bertz CT molecular complexity index is 482. The zero-order chi connectivity index (χ0) is 10.1. The number of aryl methyl sites for hydroxylation is 2. The third-order valence-electron chi connectivity index (χ3n) is 2.60. The van der Waals surface area contributed by atoms with E-state index in [1.165, 1.54) is 10.9 Å². The van der Waals surface area contributed by atoms with Gasteiger partial charge >= 0.3 is 0 Å². The summed E-state index contributed by atoms with van der Waals surface area (Å²) in [5.41, 5.74) is 3.06. The van der Waals surface area contributed by atoms with E-state index in [9.17, 15) is 4.79 Å². The van der Waals surface area contributed by atoms with E-state index in [2.05, 4.69) is 30.7 Å². The average molecular weight is 187 g/mol. The molecule has 0 aliphatic rings. The van der Waals surface area contributed by atoms with Gasteiger partial charge in [0.2, 0.25) is 0 Å². The standard InChI is InChI=1S/C12H13NO/c1-3-13-7-9(2)11-6-4-5-10(8-14)12(11)13/h4-8H,3H2,1-2H3. The van der Waals surface area contributed by atoms with E-state index >= 15 is 0 Å². The van der Waals surface area contributed by atoms with E-state index < -0.39 is 0 Å². The van der Waals surface area contributed by atoms with Crippen molar-refractivity contribution in [2.75, 3.05) is 0 Å². The molecule has 2 heteroatoms. The minimum atomic E-state index is 0.775. The second-order valence-corrected chi connectivity index (χ2v) is 3.46. The highest BCUT2D eigenvalue weighted by Crippen LogP contribution is 2.23. The minimum Gasteiger partial charge on any atom is -0.347 e. The summed E-state index contributed by atoms with van der Waals surface area (Å²) in [6.07, 6.45) is 3.02. The van der Waals surface area contributed by atoms with Gasteiger partial charge in [-0.2, -0.15) is 0 Å². The number of nitrogens with zero attached hydrogens (tertiary/aromatic N) is 1. The lowest BCUT2D eigenvalue weighted by atomic mass is 10.1. The molecule has 0 unspecified atom stereocenters. The SMILES string of the molecule is CCn1cc(C)c2cccc(C=O)c21. The van der Waals surface area contributed by atoms with Gasteiger partial charge in [-0.1, -0.05) is 12.1 Å². The smallest absolute Gasteiger partial charge is 0.152 e. The molecule has 0 amide bonds. The molecule has 0 saturated carbocycles. The van der Waals surface area contributed by atoms with E-state index in [1.54, 1.807) is 0 Å². The number of benzene rings is 1. The Balaban J connectivity index is 2.89. The molecular weight excluding hydrogens is 174 g/mol. The molecule has 1 aromatic heterocycles. The lowest BCUT2D eigenvalue weighted by Crippen LogP contribution is -1.94. The molecule has 14 heavy (non-hydrogen) atoms. The van der Waals surface area contributed by atoms with Gasteiger partial charge in [-0.25, -0.2) is 0 Å². The normalized spacial score (nSPS) is 10.7. The van der Waals surface area contributed by atoms with Gasteiger partial charge in [0.05, 0.1) is 5.52 Å². The quantitative estimate of drug-likeness (QED) is 0.662. The van der Waals surface area contributed by atoms with E-state index in [0.717, 1.165) is 23.9 Å². The van der Waals surface area contributed by atoms with Gasteiger partial charge in [0, 0.05) is 23.7 Å². The molecule has 0 aliphatic carbocycles. The largest absolute Gasteiger partial charge is 0.347 e. The van der Waals surface area contributed by atoms with Crippen molar-refractivity contribution in [1.82, 2.24) is 4.57 Å². The predicted molar refractivity (Wildman–Crippen MR) is 57.7 cm³/mol. The highest BCUT2D eigenvalue weighted by Gasteiger charge is 2.07. The fourth-order valence-electron chi connectivity index (χ4n) is 1.91. The van der Waals surface area contributed by atoms with Crippen LogP contribution in [0.5, 0.6) is 0 Å². The monoisotopic (exact) mass is 187 g/mol. The summed E-state index contributed by atoms with van der Waals surface area (Å²) in [7, 11) is 0. The zero-order valence-electron chi connectivity index (χ0n) is 8.45. The van der Waals surface area contributed by atoms with E-state index in [0.29, 0.717) is 0 Å². The molecule has 2 nitrogen and oxygen atoms in total. The molecule has 2 aromatic rings. The van der Waals surface area contributed by atoms with Crippen LogP contribution in [0.1, 0.15) is 22.8 Å². The summed E-state index contributed by atoms with van der Waals surface area (Å²) in [6.45, 7) is 5.05. The Morgan fingerprint density at radius 3 is 2.86 bits per heavy atom. The lowest BCUT2D eigenvalue weighted by Gasteiger charge is -2.02. The van der Waals surface area contributed by atoms with Crippen LogP contribution in [0.25, 0.3) is 10.9 Å². The molecule has 0 fully saturated rings. The summed E-state index contributed by atoms with van der Waals surface area (Å²) in [5, 5.41) is 1.18. The van der Waals surface area contributed by atoms with E-state index in [1.807, 2.05) is 12.1 Å². The number of para-hydroxylation sites is 1. The number of carbonyl (C=O) groups is 1. The third-order valence-corrected chi connectivity index (χ3v) is 2.60. The van der Waals surface area contributed by atoms with Gasteiger partial charge in [0.1, 0.15) is 0 Å². The van der Waals surface area contributed by atoms with Crippen LogP contribution in [-0.2, 0) is 6.54 Å². The predicted octanol–water partition coefficient (Wildman–Crippen LogP) is 2.78. The van der Waals surface area contributed by atoms with Crippen LogP contribution in [0.3, 0.4) is 0 Å². The van der Waals surface area contributed by atoms with Gasteiger partial charge in [-0.3, -0.25) is 4.79 Å². The van der Waals surface area contributed by atoms with Crippen molar-refractivity contribution in [3.8, 4) is 0 Å². The Kier molecular flexibility index (Phi) is 2.12. The summed E-state index contributed by atoms with van der Waals surface area (Å²) in [6, 6.07) is 5.85. The van der Waals surface area contributed by atoms with Crippen molar-refractivity contribution in [2.24, 2.45) is 0 Å². The van der Waals surface area contributed by atoms with Crippen molar-refractivity contribution < 1.29 is 4.79 Å². The highest BCUT2D eigenvalue weighted by molar-refractivity contribution is 5.97. The maximum Gasteiger partial charge on any atom is 0.152 e. The van der Waals surface area contributed by atoms with E-state index in [4.69, 9.17) is 0 Å². The molecule has 2 rings (SSSR count). The first kappa shape index (κ1) is 9.00. The number of fused-ring (bicyclic) bond motifs is 1. The zero-order valence-corrected chi connectivity index (χ0v) is 8.45. The Hall–Kier alpha value is -1.57. The maximum atomic E-state index is 10.9. The molecule has 0 spiro atoms. The lowest BCUT2D eigenvalue weighted by molar-refractivity contribution is 0.112. The Morgan fingerprint density at radius 2 is 2.21 bits per heavy atom. The van der Waals surface area contributed by atoms with Crippen LogP contribution in [0.15, 0.2) is 24.4 Å². The van der Waals surface area contributed by atoms with Gasteiger partial charge in [0.15, 0.2) is 6.29 Å². The molecule has 0 radical (unpaired) electrons. The summed E-state index contributed by atoms with van der Waals surface area (Å²) < 4.78 is 2.12. The van der Waals surface area contributed by atoms with Gasteiger partial charge in [-0.15, -0.1) is 0 Å². The first-order valence-electron chi connectivity index (χ1n) is 4.81. The third kappa shape index (κ3) is 1.15. The van der Waals surface area contributed by atoms with Crippen LogP contribution in [0, 0.1) is 6.92 Å². The van der Waals surface area contributed by atoms with E-state index in [-0.39, 0.29) is 0 Å². The second kappa shape index (κ2) is 3.29. The highest BCUT2D eigenvalue weighted by atomic mass is 16.1. The van der Waals surface area contributed by atoms with Gasteiger partial charge < -0.3 is 4.57 Å². The van der Waals surface area contributed by atoms with Crippen LogP contribution >= 0.6 is 0 Å². The first-order chi connectivity index (χ1) is 6.77. The number of hydrogen-bond donors (Lipinski definition) is 0. The number of aldehydes is 1. The van der Waals surface area contributed by atoms with Crippen LogP contribution in [-0.4, -0.2) is 10.9 Å². The number of rotatable bonds is 2. The first-order valence-corrected chi connectivity index (χ1v) is 4.81. The molecule has 1 heterocycles. The molecule has 0 bridgehead atoms. The Morgan fingerprint density at radius 1 is 1.43 bits per heavy atom. The summed E-state index contributed by atoms with van der Waals surface area (Å²) in [5.74, 6) is 0. The summed E-state index contributed by atoms with van der Waals surface area (Å²) >= 11 is 0. The number of hydrogen-bond acceptors (Lipinski definition) is 1. The van der Waals surface area contributed by atoms with Crippen LogP contribution in [0.2, 0.25) is 0 Å². The van der Waals surface area contributed by atoms with Gasteiger partial charge in [0.25, 0.3) is 0 Å². The van der Waals surface area contributed by atoms with Crippen molar-refractivity contribution in [1.29, 1.82) is 0 Å². The van der Waals surface area contributed by atoms with Crippen molar-refractivity contribution >= 4 is 17.2 Å². The van der Waals surface area contributed by atoms with Crippen LogP contribution in [0.4, 0.5) is 0 Å². The molecule has 0 atom stereocenters. The van der Waals surface area contributed by atoms with Crippen molar-refractivity contribution in [2.45, 2.75) is 20.4 Å². The molecule has 72 valence electrons. The molecule has 0 aliphatic heterocycles. The molecule has 1 aromatic carbocycles. The topological polar surface area (TPSA) is 22.0 Å². The van der Waals surface area contributed by atoms with Crippen molar-refractivity contribution in [3.63, 3.8) is 0 Å². The Labute approximate surface area is 83.2 Å². The fourth-order valence-corrected chi connectivity index (χ4v) is 1.91. The molecular formula is C12H13NO. The number of aromatic nitrogens is 1. The van der Waals surface area contributed by atoms with Crippen molar-refractivity contribution in [3.05, 3.63) is 35.5 Å². The fraction of sp³-hybridized carbons (Fsp3) is 0.250. The summed E-state index contributed by atoms with van der Waals surface area (Å²) in [4.78, 5) is 10.9. The maximum absolute atomic E-state index is 10.9. The van der Waals surface area contributed by atoms with Crippen LogP contribution < -0.4 is 0 Å². The average Bonchev–Trinajstić information content (AvgIpc) is 2.56. The molecule has 0 saturated heterocycles.